The van der Waals surface area contributed by atoms with E-state index in [9.17, 15) is 9.59 Å². The minimum absolute atomic E-state index is 0.172. The molecule has 0 aromatic heterocycles. The Morgan fingerprint density at radius 2 is 1.60 bits per heavy atom. The topological polar surface area (TPSA) is 86.7 Å². The Balaban J connectivity index is 1.53. The number of rotatable bonds is 16. The third kappa shape index (κ3) is 10.5. The standard InChI is InChI=1S/C37H47Cl2NO7Si/c1-6-46-47-26-29-24-40(36(41)45-25-27-11-8-7-9-12-27)30(19-20-37(2,3)48(4,5)42)23-32(29)28-15-17-31(18-16-28)43-21-22-44-35-33(38)13-10-14-34(35)39/h7-18,23,29-30,42H,6,19-22,24-26H2,1-5H3. The lowest BCUT2D eigenvalue weighted by Crippen LogP contribution is -2.48. The summed E-state index contributed by atoms with van der Waals surface area (Å²) in [5.41, 5.74) is 2.96. The van der Waals surface area contributed by atoms with Crippen molar-refractivity contribution in [3.8, 4) is 11.5 Å². The van der Waals surface area contributed by atoms with Gasteiger partial charge in [-0.3, -0.25) is 0 Å². The lowest BCUT2D eigenvalue weighted by Gasteiger charge is -2.41. The number of hydrogen-bond acceptors (Lipinski definition) is 7. The van der Waals surface area contributed by atoms with E-state index in [4.69, 9.17) is 47.2 Å². The first-order chi connectivity index (χ1) is 22.9. The average molecular weight is 717 g/mol. The molecule has 11 heteroatoms. The molecule has 0 aliphatic carbocycles. The first-order valence-electron chi connectivity index (χ1n) is 16.4. The highest BCUT2D eigenvalue weighted by Crippen LogP contribution is 2.42. The van der Waals surface area contributed by atoms with E-state index < -0.39 is 8.32 Å². The molecule has 3 aromatic carbocycles. The zero-order valence-corrected chi connectivity index (χ0v) is 30.9. The molecule has 1 amide bonds. The number of para-hydroxylation sites is 1. The molecule has 8 nitrogen and oxygen atoms in total. The molecule has 4 rings (SSSR count). The molecular formula is C37H47Cl2NO7Si. The van der Waals surface area contributed by atoms with Gasteiger partial charge < -0.3 is 23.9 Å². The second-order valence-corrected chi connectivity index (χ2v) is 18.3. The van der Waals surface area contributed by atoms with Gasteiger partial charge in [0.05, 0.1) is 29.3 Å². The molecule has 0 spiro atoms. The van der Waals surface area contributed by atoms with E-state index in [-0.39, 0.29) is 42.9 Å². The summed E-state index contributed by atoms with van der Waals surface area (Å²) in [7, 11) is -2.47. The van der Waals surface area contributed by atoms with Gasteiger partial charge in [0.15, 0.2) is 14.1 Å². The Labute approximate surface area is 295 Å². The van der Waals surface area contributed by atoms with Crippen LogP contribution in [-0.4, -0.2) is 63.1 Å². The summed E-state index contributed by atoms with van der Waals surface area (Å²) in [5, 5.41) is 0.639. The number of amides is 1. The summed E-state index contributed by atoms with van der Waals surface area (Å²) in [6.45, 7) is 11.8. The maximum atomic E-state index is 13.6. The van der Waals surface area contributed by atoms with Crippen molar-refractivity contribution in [1.29, 1.82) is 0 Å². The van der Waals surface area contributed by atoms with Gasteiger partial charge >= 0.3 is 6.09 Å². The molecule has 2 atom stereocenters. The Kier molecular flexibility index (Phi) is 13.8. The highest BCUT2D eigenvalue weighted by molar-refractivity contribution is 6.72. The minimum Gasteiger partial charge on any atom is -0.490 e. The van der Waals surface area contributed by atoms with Crippen molar-refractivity contribution in [2.75, 3.05) is 33.0 Å². The van der Waals surface area contributed by atoms with Crippen LogP contribution in [0.4, 0.5) is 4.79 Å². The van der Waals surface area contributed by atoms with E-state index in [1.807, 2.05) is 74.6 Å². The Hall–Kier alpha value is -3.05. The van der Waals surface area contributed by atoms with Crippen molar-refractivity contribution >= 4 is 43.2 Å². The number of halogens is 2. The summed E-state index contributed by atoms with van der Waals surface area (Å²) in [4.78, 5) is 37.3. The first kappa shape index (κ1) is 37.8. The number of ether oxygens (including phenoxy) is 3. The minimum atomic E-state index is -2.47. The van der Waals surface area contributed by atoms with Gasteiger partial charge in [0.25, 0.3) is 0 Å². The molecule has 0 radical (unpaired) electrons. The van der Waals surface area contributed by atoms with Crippen molar-refractivity contribution in [2.45, 2.75) is 64.4 Å². The van der Waals surface area contributed by atoms with Gasteiger partial charge in [-0.2, -0.15) is 0 Å². The highest BCUT2D eigenvalue weighted by Gasteiger charge is 2.40. The molecule has 0 fully saturated rings. The van der Waals surface area contributed by atoms with Crippen LogP contribution in [0.1, 0.15) is 44.7 Å². The highest BCUT2D eigenvalue weighted by atomic mass is 35.5. The maximum absolute atomic E-state index is 13.6. The van der Waals surface area contributed by atoms with Gasteiger partial charge in [-0.25, -0.2) is 14.6 Å². The van der Waals surface area contributed by atoms with Gasteiger partial charge in [-0.05, 0) is 78.9 Å². The fourth-order valence-electron chi connectivity index (χ4n) is 5.33. The predicted molar refractivity (Wildman–Crippen MR) is 193 cm³/mol. The van der Waals surface area contributed by atoms with Crippen molar-refractivity contribution in [3.05, 3.63) is 100 Å². The van der Waals surface area contributed by atoms with Crippen LogP contribution in [0.3, 0.4) is 0 Å². The van der Waals surface area contributed by atoms with Gasteiger partial charge in [-0.15, -0.1) is 0 Å². The zero-order chi connectivity index (χ0) is 34.7. The normalized spacial score (nSPS) is 16.8. The summed E-state index contributed by atoms with van der Waals surface area (Å²) >= 11 is 12.4. The van der Waals surface area contributed by atoms with E-state index in [1.165, 1.54) is 0 Å². The number of carbonyl (C=O) groups is 1. The van der Waals surface area contributed by atoms with Crippen LogP contribution in [0, 0.1) is 5.92 Å². The van der Waals surface area contributed by atoms with Gasteiger partial charge in [0.2, 0.25) is 0 Å². The molecule has 2 unspecified atom stereocenters. The van der Waals surface area contributed by atoms with Crippen molar-refractivity contribution in [1.82, 2.24) is 4.90 Å². The monoisotopic (exact) mass is 715 g/mol. The summed E-state index contributed by atoms with van der Waals surface area (Å²) < 4.78 is 17.5. The average Bonchev–Trinajstić information content (AvgIpc) is 3.06. The molecule has 0 saturated carbocycles. The first-order valence-corrected chi connectivity index (χ1v) is 20.1. The van der Waals surface area contributed by atoms with Gasteiger partial charge in [0.1, 0.15) is 25.6 Å². The van der Waals surface area contributed by atoms with Crippen LogP contribution in [0.25, 0.3) is 5.57 Å². The molecule has 260 valence electrons. The van der Waals surface area contributed by atoms with E-state index >= 15 is 0 Å². The molecule has 0 bridgehead atoms. The number of benzene rings is 3. The number of carbonyl (C=O) groups excluding carboxylic acids is 1. The Bertz CT molecular complexity index is 1480. The molecule has 1 aliphatic rings. The molecule has 0 saturated heterocycles. The van der Waals surface area contributed by atoms with Crippen LogP contribution in [0.5, 0.6) is 11.5 Å². The maximum Gasteiger partial charge on any atom is 0.410 e. The van der Waals surface area contributed by atoms with Crippen molar-refractivity contribution in [3.63, 3.8) is 0 Å². The zero-order valence-electron chi connectivity index (χ0n) is 28.4. The summed E-state index contributed by atoms with van der Waals surface area (Å²) in [5.74, 6) is 0.949. The number of nitrogens with zero attached hydrogens (tertiary/aromatic N) is 1. The molecular weight excluding hydrogens is 669 g/mol. The molecule has 1 heterocycles. The molecule has 1 aliphatic heterocycles. The van der Waals surface area contributed by atoms with Crippen LogP contribution in [0.2, 0.25) is 28.2 Å². The fraction of sp³-hybridized carbons (Fsp3) is 0.432. The van der Waals surface area contributed by atoms with Crippen molar-refractivity contribution in [2.24, 2.45) is 5.92 Å². The smallest absolute Gasteiger partial charge is 0.410 e. The lowest BCUT2D eigenvalue weighted by molar-refractivity contribution is -0.295. The summed E-state index contributed by atoms with van der Waals surface area (Å²) in [6, 6.07) is 22.5. The van der Waals surface area contributed by atoms with Gasteiger partial charge in [0, 0.05) is 12.5 Å². The summed E-state index contributed by atoms with van der Waals surface area (Å²) in [6.07, 6.45) is 3.17. The second kappa shape index (κ2) is 17.6. The van der Waals surface area contributed by atoms with Crippen LogP contribution in [0.15, 0.2) is 78.9 Å². The molecule has 1 N–H and O–H groups in total. The lowest BCUT2D eigenvalue weighted by atomic mass is 9.85. The van der Waals surface area contributed by atoms with E-state index in [0.717, 1.165) is 23.1 Å². The van der Waals surface area contributed by atoms with E-state index in [1.54, 1.807) is 23.1 Å². The Morgan fingerprint density at radius 3 is 2.25 bits per heavy atom. The van der Waals surface area contributed by atoms with Crippen LogP contribution < -0.4 is 9.47 Å². The van der Waals surface area contributed by atoms with Crippen LogP contribution >= 0.6 is 23.2 Å². The Morgan fingerprint density at radius 1 is 0.938 bits per heavy atom. The van der Waals surface area contributed by atoms with Crippen LogP contribution in [-0.2, 0) is 21.1 Å². The second-order valence-electron chi connectivity index (χ2n) is 13.0. The SMILES string of the molecule is CCOOCC1CN(C(=O)OCc2ccccc2)C(CCC(C)(C)[Si](C)(C)O)C=C1c1ccc(OCCOc2c(Cl)cccc2Cl)cc1. The van der Waals surface area contributed by atoms with E-state index in [0.29, 0.717) is 47.7 Å². The quantitative estimate of drug-likeness (QED) is 0.0685. The predicted octanol–water partition coefficient (Wildman–Crippen LogP) is 9.20. The number of hydrogen-bond donors (Lipinski definition) is 1. The molecule has 3 aromatic rings. The fourth-order valence-corrected chi connectivity index (χ4v) is 6.59. The third-order valence-corrected chi connectivity index (χ3v) is 13.1. The molecule has 48 heavy (non-hydrogen) atoms. The third-order valence-electron chi connectivity index (χ3n) is 8.97. The van der Waals surface area contributed by atoms with Gasteiger partial charge in [-0.1, -0.05) is 91.7 Å². The van der Waals surface area contributed by atoms with E-state index in [2.05, 4.69) is 19.9 Å². The van der Waals surface area contributed by atoms with Crippen molar-refractivity contribution < 1.29 is 33.6 Å². The largest absolute Gasteiger partial charge is 0.490 e.